The molecule has 2 aromatic carbocycles. The lowest BCUT2D eigenvalue weighted by molar-refractivity contribution is -0.116. The summed E-state index contributed by atoms with van der Waals surface area (Å²) >= 11 is 5.98. The number of carbonyl (C=O) groups excluding carboxylic acids is 1. The number of rotatable bonds is 3. The molecule has 0 aliphatic carbocycles. The van der Waals surface area contributed by atoms with Gasteiger partial charge in [-0.2, -0.15) is 10.5 Å². The molecule has 0 spiro atoms. The van der Waals surface area contributed by atoms with E-state index in [0.717, 1.165) is 0 Å². The van der Waals surface area contributed by atoms with Crippen molar-refractivity contribution in [1.29, 1.82) is 10.5 Å². The van der Waals surface area contributed by atoms with Crippen molar-refractivity contribution in [1.82, 2.24) is 0 Å². The fourth-order valence-electron chi connectivity index (χ4n) is 1.83. The highest BCUT2D eigenvalue weighted by molar-refractivity contribution is 6.33. The predicted octanol–water partition coefficient (Wildman–Crippen LogP) is 3.46. The van der Waals surface area contributed by atoms with E-state index in [1.54, 1.807) is 30.3 Å². The molecule has 0 heterocycles. The monoisotopic (exact) mass is 295 g/mol. The average Bonchev–Trinajstić information content (AvgIpc) is 2.51. The van der Waals surface area contributed by atoms with Crippen LogP contribution in [0.25, 0.3) is 0 Å². The number of halogens is 1. The van der Waals surface area contributed by atoms with Gasteiger partial charge in [0.05, 0.1) is 28.4 Å². The Bertz CT molecular complexity index is 744. The maximum Gasteiger partial charge on any atom is 0.246 e. The van der Waals surface area contributed by atoms with Gasteiger partial charge < -0.3 is 5.32 Å². The number of amides is 1. The predicted molar refractivity (Wildman–Crippen MR) is 79.6 cm³/mol. The van der Waals surface area contributed by atoms with Gasteiger partial charge in [0.15, 0.2) is 5.92 Å². The minimum absolute atomic E-state index is 0.312. The number of carbonyl (C=O) groups is 1. The van der Waals surface area contributed by atoms with E-state index < -0.39 is 11.8 Å². The zero-order chi connectivity index (χ0) is 15.2. The highest BCUT2D eigenvalue weighted by Crippen LogP contribution is 2.25. The Hall–Kier alpha value is -2.82. The molecular weight excluding hydrogens is 286 g/mol. The minimum atomic E-state index is -0.937. The third kappa shape index (κ3) is 3.39. The summed E-state index contributed by atoms with van der Waals surface area (Å²) in [7, 11) is 0. The second kappa shape index (κ2) is 6.56. The Labute approximate surface area is 127 Å². The number of nitriles is 2. The zero-order valence-electron chi connectivity index (χ0n) is 10.9. The summed E-state index contributed by atoms with van der Waals surface area (Å²) in [5.41, 5.74) is 1.30. The van der Waals surface area contributed by atoms with Crippen LogP contribution in [-0.4, -0.2) is 5.91 Å². The van der Waals surface area contributed by atoms with Gasteiger partial charge in [0.2, 0.25) is 5.91 Å². The highest BCUT2D eigenvalue weighted by Gasteiger charge is 2.20. The minimum Gasteiger partial charge on any atom is -0.323 e. The van der Waals surface area contributed by atoms with Gasteiger partial charge in [-0.05, 0) is 23.8 Å². The van der Waals surface area contributed by atoms with Gasteiger partial charge in [-0.15, -0.1) is 0 Å². The molecule has 0 saturated carbocycles. The second-order valence-electron chi connectivity index (χ2n) is 4.27. The van der Waals surface area contributed by atoms with Crippen LogP contribution in [0.5, 0.6) is 0 Å². The Morgan fingerprint density at radius 2 is 1.86 bits per heavy atom. The van der Waals surface area contributed by atoms with Crippen molar-refractivity contribution in [3.63, 3.8) is 0 Å². The number of hydrogen-bond donors (Lipinski definition) is 1. The molecule has 0 saturated heterocycles. The van der Waals surface area contributed by atoms with Crippen molar-refractivity contribution < 1.29 is 4.79 Å². The zero-order valence-corrected chi connectivity index (χ0v) is 11.6. The molecule has 5 heteroatoms. The molecule has 0 bridgehead atoms. The lowest BCUT2D eigenvalue weighted by Crippen LogP contribution is -2.20. The van der Waals surface area contributed by atoms with E-state index in [9.17, 15) is 10.1 Å². The van der Waals surface area contributed by atoms with E-state index in [1.165, 1.54) is 12.1 Å². The fourth-order valence-corrected chi connectivity index (χ4v) is 1.99. The molecule has 0 fully saturated rings. The van der Waals surface area contributed by atoms with Gasteiger partial charge in [0.25, 0.3) is 0 Å². The van der Waals surface area contributed by atoms with E-state index in [0.29, 0.717) is 21.8 Å². The van der Waals surface area contributed by atoms with Gasteiger partial charge in [-0.3, -0.25) is 4.79 Å². The summed E-state index contributed by atoms with van der Waals surface area (Å²) in [5, 5.41) is 21.0. The normalized spacial score (nSPS) is 11.0. The molecule has 0 radical (unpaired) electrons. The highest BCUT2D eigenvalue weighted by atomic mass is 35.5. The molecule has 2 rings (SSSR count). The molecule has 4 nitrogen and oxygen atoms in total. The average molecular weight is 296 g/mol. The van der Waals surface area contributed by atoms with Crippen LogP contribution in [0.15, 0.2) is 48.5 Å². The maximum absolute atomic E-state index is 12.2. The van der Waals surface area contributed by atoms with Gasteiger partial charge >= 0.3 is 0 Å². The summed E-state index contributed by atoms with van der Waals surface area (Å²) in [6.45, 7) is 0. The van der Waals surface area contributed by atoms with E-state index in [4.69, 9.17) is 16.9 Å². The van der Waals surface area contributed by atoms with Crippen molar-refractivity contribution in [3.8, 4) is 12.1 Å². The Morgan fingerprint density at radius 1 is 1.14 bits per heavy atom. The first-order chi connectivity index (χ1) is 10.2. The summed E-state index contributed by atoms with van der Waals surface area (Å²) < 4.78 is 0. The van der Waals surface area contributed by atoms with Crippen molar-refractivity contribution in [3.05, 3.63) is 64.7 Å². The van der Waals surface area contributed by atoms with Crippen LogP contribution in [0.1, 0.15) is 17.0 Å². The number of nitrogens with one attached hydrogen (secondary N) is 1. The Kier molecular flexibility index (Phi) is 4.56. The van der Waals surface area contributed by atoms with Gasteiger partial charge in [-0.25, -0.2) is 0 Å². The fraction of sp³-hybridized carbons (Fsp3) is 0.0625. The van der Waals surface area contributed by atoms with Crippen LogP contribution in [0, 0.1) is 22.7 Å². The number of anilines is 1. The summed E-state index contributed by atoms with van der Waals surface area (Å²) in [5.74, 6) is -1.42. The molecule has 1 unspecified atom stereocenters. The largest absolute Gasteiger partial charge is 0.323 e. The van der Waals surface area contributed by atoms with E-state index in [2.05, 4.69) is 5.32 Å². The third-order valence-corrected chi connectivity index (χ3v) is 3.21. The first-order valence-corrected chi connectivity index (χ1v) is 6.48. The van der Waals surface area contributed by atoms with Gasteiger partial charge in [0.1, 0.15) is 0 Å². The van der Waals surface area contributed by atoms with Crippen molar-refractivity contribution in [2.75, 3.05) is 5.32 Å². The number of nitrogens with zero attached hydrogens (tertiary/aromatic N) is 2. The molecule has 2 aromatic rings. The molecule has 21 heavy (non-hydrogen) atoms. The number of benzene rings is 2. The van der Waals surface area contributed by atoms with Crippen LogP contribution < -0.4 is 5.32 Å². The molecular formula is C16H10ClN3O. The second-order valence-corrected chi connectivity index (χ2v) is 4.68. The standard InChI is InChI=1S/C16H10ClN3O/c17-14-7-6-11(9-18)8-15(14)20-16(21)13(10-19)12-4-2-1-3-5-12/h1-8,13H,(H,20,21). The molecule has 0 aliphatic rings. The van der Waals surface area contributed by atoms with Crippen molar-refractivity contribution in [2.24, 2.45) is 0 Å². The molecule has 1 amide bonds. The lowest BCUT2D eigenvalue weighted by Gasteiger charge is -2.11. The first kappa shape index (κ1) is 14.6. The summed E-state index contributed by atoms with van der Waals surface area (Å²) in [4.78, 5) is 12.2. The topological polar surface area (TPSA) is 76.7 Å². The van der Waals surface area contributed by atoms with E-state index >= 15 is 0 Å². The van der Waals surface area contributed by atoms with E-state index in [1.807, 2.05) is 18.2 Å². The quantitative estimate of drug-likeness (QED) is 0.942. The van der Waals surface area contributed by atoms with Gasteiger partial charge in [0, 0.05) is 0 Å². The van der Waals surface area contributed by atoms with Crippen molar-refractivity contribution >= 4 is 23.2 Å². The SMILES string of the molecule is N#Cc1ccc(Cl)c(NC(=O)C(C#N)c2ccccc2)c1. The van der Waals surface area contributed by atoms with Crippen LogP contribution >= 0.6 is 11.6 Å². The molecule has 1 atom stereocenters. The summed E-state index contributed by atoms with van der Waals surface area (Å²) in [6, 6.07) is 17.2. The molecule has 0 aromatic heterocycles. The van der Waals surface area contributed by atoms with Crippen LogP contribution in [0.3, 0.4) is 0 Å². The van der Waals surface area contributed by atoms with Crippen molar-refractivity contribution in [2.45, 2.75) is 5.92 Å². The summed E-state index contributed by atoms with van der Waals surface area (Å²) in [6.07, 6.45) is 0. The molecule has 1 N–H and O–H groups in total. The smallest absolute Gasteiger partial charge is 0.246 e. The molecule has 102 valence electrons. The lowest BCUT2D eigenvalue weighted by atomic mass is 10.00. The van der Waals surface area contributed by atoms with Gasteiger partial charge in [-0.1, -0.05) is 41.9 Å². The molecule has 0 aliphatic heterocycles. The van der Waals surface area contributed by atoms with Crippen LogP contribution in [-0.2, 0) is 4.79 Å². The van der Waals surface area contributed by atoms with E-state index in [-0.39, 0.29) is 0 Å². The third-order valence-electron chi connectivity index (χ3n) is 2.88. The Morgan fingerprint density at radius 3 is 2.48 bits per heavy atom. The first-order valence-electron chi connectivity index (χ1n) is 6.11. The van der Waals surface area contributed by atoms with Crippen LogP contribution in [0.2, 0.25) is 5.02 Å². The maximum atomic E-state index is 12.2. The Balaban J connectivity index is 2.25. The number of hydrogen-bond acceptors (Lipinski definition) is 3. The van der Waals surface area contributed by atoms with Crippen LogP contribution in [0.4, 0.5) is 5.69 Å².